The highest BCUT2D eigenvalue weighted by Crippen LogP contribution is 2.26. The predicted molar refractivity (Wildman–Crippen MR) is 103 cm³/mol. The third kappa shape index (κ3) is 6.01. The summed E-state index contributed by atoms with van der Waals surface area (Å²) in [6.07, 6.45) is 12.9. The maximum Gasteiger partial charge on any atom is 0.267 e. The Balaban J connectivity index is 1.54. The fraction of sp³-hybridized carbons (Fsp3) is 0.600. The molecule has 0 spiro atoms. The van der Waals surface area contributed by atoms with E-state index in [1.54, 1.807) is 0 Å². The number of hydroxylamine groups is 1. The first-order valence-electron chi connectivity index (χ1n) is 9.90. The van der Waals surface area contributed by atoms with Crippen LogP contribution in [0.25, 0.3) is 6.08 Å². The molecule has 2 fully saturated rings. The van der Waals surface area contributed by atoms with Crippen molar-refractivity contribution < 1.29 is 14.4 Å². The molecule has 0 radical (unpaired) electrons. The van der Waals surface area contributed by atoms with E-state index in [9.17, 15) is 9.18 Å². The number of amides is 1. The van der Waals surface area contributed by atoms with Gasteiger partial charge in [-0.1, -0.05) is 19.3 Å². The fourth-order valence-electron chi connectivity index (χ4n) is 4.13. The second-order valence-electron chi connectivity index (χ2n) is 7.66. The van der Waals surface area contributed by atoms with E-state index in [0.29, 0.717) is 5.56 Å². The predicted octanol–water partition coefficient (Wildman–Crippen LogP) is 3.20. The molecule has 3 rings (SSSR count). The molecule has 1 saturated carbocycles. The molecule has 3 N–H and O–H groups in total. The first-order chi connectivity index (χ1) is 13.1. The van der Waals surface area contributed by atoms with E-state index in [0.717, 1.165) is 44.5 Å². The summed E-state index contributed by atoms with van der Waals surface area (Å²) in [6.45, 7) is 3.21. The largest absolute Gasteiger partial charge is 0.364 e. The maximum atomic E-state index is 14.4. The standard InChI is InChI=1S/C20H29FN4O2/c21-18-11-16(8-9-19(26)24-27)12-22-20(18)23-17-7-4-10-25(14-17)13-15-5-2-1-3-6-15/h8-9,11-12,15,17,27H,1-7,10,13-14H2,(H,22,23)(H,24,26)/b9-8+/t17-/m1/s1. The summed E-state index contributed by atoms with van der Waals surface area (Å²) in [5, 5.41) is 11.7. The summed E-state index contributed by atoms with van der Waals surface area (Å²) in [7, 11) is 0. The van der Waals surface area contributed by atoms with Gasteiger partial charge < -0.3 is 10.2 Å². The van der Waals surface area contributed by atoms with Gasteiger partial charge in [-0.25, -0.2) is 14.9 Å². The van der Waals surface area contributed by atoms with Crippen LogP contribution in [0.5, 0.6) is 0 Å². The van der Waals surface area contributed by atoms with Gasteiger partial charge in [0.15, 0.2) is 11.6 Å². The topological polar surface area (TPSA) is 77.5 Å². The molecule has 0 aromatic carbocycles. The van der Waals surface area contributed by atoms with E-state index in [-0.39, 0.29) is 11.9 Å². The Morgan fingerprint density at radius 1 is 1.30 bits per heavy atom. The highest BCUT2D eigenvalue weighted by atomic mass is 19.1. The van der Waals surface area contributed by atoms with Crippen LogP contribution in [-0.2, 0) is 4.79 Å². The lowest BCUT2D eigenvalue weighted by atomic mass is 9.88. The molecule has 1 aromatic heterocycles. The summed E-state index contributed by atoms with van der Waals surface area (Å²) in [5.41, 5.74) is 1.95. The molecule has 2 heterocycles. The lowest BCUT2D eigenvalue weighted by Crippen LogP contribution is -2.44. The van der Waals surface area contributed by atoms with E-state index >= 15 is 0 Å². The number of piperidine rings is 1. The molecule has 1 aliphatic carbocycles. The average Bonchev–Trinajstić information content (AvgIpc) is 2.69. The van der Waals surface area contributed by atoms with Crippen LogP contribution in [0, 0.1) is 11.7 Å². The number of carbonyl (C=O) groups is 1. The van der Waals surface area contributed by atoms with Crippen LogP contribution < -0.4 is 10.8 Å². The minimum absolute atomic E-state index is 0.200. The van der Waals surface area contributed by atoms with Crippen LogP contribution in [0.3, 0.4) is 0 Å². The van der Waals surface area contributed by atoms with Gasteiger partial charge in [0, 0.05) is 31.4 Å². The second kappa shape index (κ2) is 9.80. The number of anilines is 1. The van der Waals surface area contributed by atoms with E-state index in [1.807, 2.05) is 0 Å². The van der Waals surface area contributed by atoms with Crippen molar-refractivity contribution in [2.45, 2.75) is 51.0 Å². The van der Waals surface area contributed by atoms with Crippen molar-refractivity contribution >= 4 is 17.8 Å². The number of carbonyl (C=O) groups excluding carboxylic acids is 1. The van der Waals surface area contributed by atoms with E-state index in [2.05, 4.69) is 15.2 Å². The minimum atomic E-state index is -0.669. The van der Waals surface area contributed by atoms with Gasteiger partial charge in [-0.3, -0.25) is 10.0 Å². The molecule has 1 saturated heterocycles. The van der Waals surface area contributed by atoms with E-state index in [1.165, 1.54) is 55.9 Å². The Morgan fingerprint density at radius 3 is 2.85 bits per heavy atom. The number of hydrogen-bond acceptors (Lipinski definition) is 5. The van der Waals surface area contributed by atoms with E-state index in [4.69, 9.17) is 5.21 Å². The van der Waals surface area contributed by atoms with Gasteiger partial charge in [0.25, 0.3) is 5.91 Å². The van der Waals surface area contributed by atoms with Crippen molar-refractivity contribution in [3.8, 4) is 0 Å². The van der Waals surface area contributed by atoms with Crippen molar-refractivity contribution in [3.63, 3.8) is 0 Å². The number of aromatic nitrogens is 1. The quantitative estimate of drug-likeness (QED) is 0.404. The Kier molecular flexibility index (Phi) is 7.18. The van der Waals surface area contributed by atoms with Crippen molar-refractivity contribution in [2.75, 3.05) is 25.0 Å². The van der Waals surface area contributed by atoms with Gasteiger partial charge in [0.2, 0.25) is 0 Å². The molecule has 2 aliphatic rings. The maximum absolute atomic E-state index is 14.4. The molecule has 27 heavy (non-hydrogen) atoms. The van der Waals surface area contributed by atoms with Crippen molar-refractivity contribution in [1.82, 2.24) is 15.4 Å². The Bertz CT molecular complexity index is 661. The van der Waals surface area contributed by atoms with Gasteiger partial charge in [0.1, 0.15) is 0 Å². The summed E-state index contributed by atoms with van der Waals surface area (Å²) >= 11 is 0. The zero-order valence-corrected chi connectivity index (χ0v) is 15.7. The molecule has 148 valence electrons. The lowest BCUT2D eigenvalue weighted by molar-refractivity contribution is -0.124. The number of nitrogens with one attached hydrogen (secondary N) is 2. The van der Waals surface area contributed by atoms with Gasteiger partial charge in [0.05, 0.1) is 0 Å². The summed E-state index contributed by atoms with van der Waals surface area (Å²) in [4.78, 5) is 17.7. The Labute approximate surface area is 159 Å². The smallest absolute Gasteiger partial charge is 0.267 e. The number of likely N-dealkylation sites (tertiary alicyclic amines) is 1. The molecule has 7 heteroatoms. The number of nitrogens with zero attached hydrogens (tertiary/aromatic N) is 2. The van der Waals surface area contributed by atoms with Gasteiger partial charge in [-0.15, -0.1) is 0 Å². The van der Waals surface area contributed by atoms with Crippen molar-refractivity contribution in [2.24, 2.45) is 5.92 Å². The SMILES string of the molecule is O=C(/C=C/c1cnc(N[C@@H]2CCCN(CC3CCCCC3)C2)c(F)c1)NO. The van der Waals surface area contributed by atoms with E-state index < -0.39 is 11.7 Å². The summed E-state index contributed by atoms with van der Waals surface area (Å²) < 4.78 is 14.4. The molecule has 1 aliphatic heterocycles. The second-order valence-corrected chi connectivity index (χ2v) is 7.66. The zero-order valence-electron chi connectivity index (χ0n) is 15.7. The lowest BCUT2D eigenvalue weighted by Gasteiger charge is -2.36. The molecular weight excluding hydrogens is 347 g/mol. The number of hydrogen-bond donors (Lipinski definition) is 3. The average molecular weight is 376 g/mol. The number of rotatable bonds is 6. The molecule has 0 bridgehead atoms. The van der Waals surface area contributed by atoms with Crippen LogP contribution in [0.2, 0.25) is 0 Å². The summed E-state index contributed by atoms with van der Waals surface area (Å²) in [5.74, 6) is -0.0401. The van der Waals surface area contributed by atoms with Gasteiger partial charge in [-0.2, -0.15) is 0 Å². The summed E-state index contributed by atoms with van der Waals surface area (Å²) in [6, 6.07) is 1.53. The minimum Gasteiger partial charge on any atom is -0.364 e. The Hall–Kier alpha value is -1.99. The molecule has 1 aromatic rings. The number of halogens is 1. The van der Waals surface area contributed by atoms with Crippen molar-refractivity contribution in [1.29, 1.82) is 0 Å². The third-order valence-corrected chi connectivity index (χ3v) is 5.49. The molecule has 0 unspecified atom stereocenters. The highest BCUT2D eigenvalue weighted by molar-refractivity contribution is 5.90. The van der Waals surface area contributed by atoms with Crippen LogP contribution in [0.4, 0.5) is 10.2 Å². The van der Waals surface area contributed by atoms with Gasteiger partial charge in [-0.05, 0) is 55.9 Å². The van der Waals surface area contributed by atoms with Crippen LogP contribution in [-0.4, -0.2) is 46.7 Å². The van der Waals surface area contributed by atoms with Gasteiger partial charge >= 0.3 is 0 Å². The molecule has 6 nitrogen and oxygen atoms in total. The van der Waals surface area contributed by atoms with Crippen LogP contribution in [0.15, 0.2) is 18.3 Å². The van der Waals surface area contributed by atoms with Crippen LogP contribution >= 0.6 is 0 Å². The fourth-order valence-corrected chi connectivity index (χ4v) is 4.13. The molecule has 1 amide bonds. The molecule has 1 atom stereocenters. The monoisotopic (exact) mass is 376 g/mol. The Morgan fingerprint density at radius 2 is 2.11 bits per heavy atom. The zero-order chi connectivity index (χ0) is 19.1. The normalized spacial score (nSPS) is 22.1. The molecular formula is C20H29FN4O2. The number of pyridine rings is 1. The van der Waals surface area contributed by atoms with Crippen LogP contribution in [0.1, 0.15) is 50.5 Å². The first-order valence-corrected chi connectivity index (χ1v) is 9.90. The highest BCUT2D eigenvalue weighted by Gasteiger charge is 2.24. The van der Waals surface area contributed by atoms with Crippen molar-refractivity contribution in [3.05, 3.63) is 29.7 Å². The third-order valence-electron chi connectivity index (χ3n) is 5.49. The first kappa shape index (κ1) is 19.8.